The van der Waals surface area contributed by atoms with E-state index >= 15 is 0 Å². The molecule has 0 saturated heterocycles. The van der Waals surface area contributed by atoms with E-state index in [1.807, 2.05) is 19.1 Å². The molecule has 0 aliphatic rings. The van der Waals surface area contributed by atoms with Gasteiger partial charge in [-0.25, -0.2) is 4.98 Å². The average molecular weight is 326 g/mol. The molecule has 1 heterocycles. The Morgan fingerprint density at radius 1 is 0.875 bits per heavy atom. The van der Waals surface area contributed by atoms with Gasteiger partial charge in [-0.2, -0.15) is 4.98 Å². The summed E-state index contributed by atoms with van der Waals surface area (Å²) in [6.07, 6.45) is 7.78. The Morgan fingerprint density at radius 2 is 1.62 bits per heavy atom. The molecule has 24 heavy (non-hydrogen) atoms. The van der Waals surface area contributed by atoms with Crippen LogP contribution in [0.3, 0.4) is 0 Å². The number of nitrogens with zero attached hydrogens (tertiary/aromatic N) is 2. The third-order valence-electron chi connectivity index (χ3n) is 3.98. The average Bonchev–Trinajstić information content (AvgIpc) is 2.60. The lowest BCUT2D eigenvalue weighted by Gasteiger charge is -2.10. The van der Waals surface area contributed by atoms with Gasteiger partial charge in [-0.05, 0) is 18.9 Å². The summed E-state index contributed by atoms with van der Waals surface area (Å²) in [5.41, 5.74) is 2.22. The number of aromatic nitrogens is 2. The van der Waals surface area contributed by atoms with E-state index in [4.69, 9.17) is 0 Å². The number of rotatable bonds is 11. The van der Waals surface area contributed by atoms with Gasteiger partial charge in [-0.3, -0.25) is 0 Å². The highest BCUT2D eigenvalue weighted by molar-refractivity contribution is 5.42. The molecule has 0 saturated carbocycles. The maximum Gasteiger partial charge on any atom is 0.224 e. The van der Waals surface area contributed by atoms with Gasteiger partial charge >= 0.3 is 0 Å². The van der Waals surface area contributed by atoms with E-state index in [0.29, 0.717) is 0 Å². The predicted octanol–water partition coefficient (Wildman–Crippen LogP) is 5.17. The minimum Gasteiger partial charge on any atom is -0.366 e. The van der Waals surface area contributed by atoms with Gasteiger partial charge in [-0.1, -0.05) is 69.4 Å². The molecule has 2 aromatic rings. The van der Waals surface area contributed by atoms with Crippen molar-refractivity contribution >= 4 is 11.8 Å². The fourth-order valence-corrected chi connectivity index (χ4v) is 2.63. The summed E-state index contributed by atoms with van der Waals surface area (Å²) in [6, 6.07) is 12.3. The molecule has 0 aliphatic heterocycles. The second-order valence-corrected chi connectivity index (χ2v) is 6.25. The molecule has 1 aromatic heterocycles. The van der Waals surface area contributed by atoms with Gasteiger partial charge < -0.3 is 10.6 Å². The first kappa shape index (κ1) is 18.2. The standard InChI is InChI=1S/C20H30N4/c1-3-4-5-6-7-11-14-21-20-23-17(2)15-19(24-20)22-16-18-12-9-8-10-13-18/h8-10,12-13,15H,3-7,11,14,16H2,1-2H3,(H2,21,22,23,24). The zero-order chi connectivity index (χ0) is 17.0. The second-order valence-electron chi connectivity index (χ2n) is 6.25. The minimum absolute atomic E-state index is 0.721. The summed E-state index contributed by atoms with van der Waals surface area (Å²) in [5.74, 6) is 1.59. The van der Waals surface area contributed by atoms with Crippen molar-refractivity contribution in [2.24, 2.45) is 0 Å². The van der Waals surface area contributed by atoms with Crippen LogP contribution in [0.2, 0.25) is 0 Å². The van der Waals surface area contributed by atoms with Crippen LogP contribution < -0.4 is 10.6 Å². The van der Waals surface area contributed by atoms with Crippen molar-refractivity contribution in [1.29, 1.82) is 0 Å². The molecule has 0 amide bonds. The highest BCUT2D eigenvalue weighted by Crippen LogP contribution is 2.12. The molecule has 130 valence electrons. The number of unbranched alkanes of at least 4 members (excludes halogenated alkanes) is 5. The van der Waals surface area contributed by atoms with Crippen molar-refractivity contribution in [2.75, 3.05) is 17.2 Å². The number of aryl methyl sites for hydroxylation is 1. The molecule has 2 rings (SSSR count). The van der Waals surface area contributed by atoms with E-state index in [0.717, 1.165) is 30.5 Å². The van der Waals surface area contributed by atoms with Crippen LogP contribution in [0.1, 0.15) is 56.7 Å². The van der Waals surface area contributed by atoms with Crippen LogP contribution in [0.4, 0.5) is 11.8 Å². The molecule has 0 unspecified atom stereocenters. The maximum atomic E-state index is 4.56. The molecule has 0 bridgehead atoms. The molecular weight excluding hydrogens is 296 g/mol. The van der Waals surface area contributed by atoms with Crippen LogP contribution in [0.15, 0.2) is 36.4 Å². The lowest BCUT2D eigenvalue weighted by molar-refractivity contribution is 0.616. The van der Waals surface area contributed by atoms with E-state index in [2.05, 4.69) is 51.8 Å². The fraction of sp³-hybridized carbons (Fsp3) is 0.500. The van der Waals surface area contributed by atoms with Gasteiger partial charge in [0.15, 0.2) is 0 Å². The number of anilines is 2. The molecule has 0 atom stereocenters. The maximum absolute atomic E-state index is 4.56. The monoisotopic (exact) mass is 326 g/mol. The number of nitrogens with one attached hydrogen (secondary N) is 2. The summed E-state index contributed by atoms with van der Waals surface area (Å²) in [5, 5.41) is 6.73. The zero-order valence-corrected chi connectivity index (χ0v) is 15.0. The van der Waals surface area contributed by atoms with Crippen LogP contribution in [-0.2, 0) is 6.54 Å². The predicted molar refractivity (Wildman–Crippen MR) is 102 cm³/mol. The lowest BCUT2D eigenvalue weighted by atomic mass is 10.1. The fourth-order valence-electron chi connectivity index (χ4n) is 2.63. The van der Waals surface area contributed by atoms with Gasteiger partial charge in [0.2, 0.25) is 5.95 Å². The highest BCUT2D eigenvalue weighted by atomic mass is 15.1. The molecule has 4 heteroatoms. The number of benzene rings is 1. The summed E-state index contributed by atoms with van der Waals surface area (Å²) in [6.45, 7) is 5.97. The molecule has 0 aliphatic carbocycles. The molecule has 0 spiro atoms. The molecule has 1 aromatic carbocycles. The van der Waals surface area contributed by atoms with Crippen LogP contribution in [0.5, 0.6) is 0 Å². The van der Waals surface area contributed by atoms with E-state index in [1.165, 1.54) is 44.1 Å². The lowest BCUT2D eigenvalue weighted by Crippen LogP contribution is -2.09. The van der Waals surface area contributed by atoms with Gasteiger partial charge in [0, 0.05) is 24.8 Å². The summed E-state index contributed by atoms with van der Waals surface area (Å²) in [7, 11) is 0. The Morgan fingerprint density at radius 3 is 2.42 bits per heavy atom. The molecule has 0 fully saturated rings. The first-order valence-electron chi connectivity index (χ1n) is 9.15. The largest absolute Gasteiger partial charge is 0.366 e. The van der Waals surface area contributed by atoms with Crippen LogP contribution in [-0.4, -0.2) is 16.5 Å². The molecule has 0 radical (unpaired) electrons. The van der Waals surface area contributed by atoms with Crippen molar-refractivity contribution in [1.82, 2.24) is 9.97 Å². The van der Waals surface area contributed by atoms with Crippen molar-refractivity contribution < 1.29 is 0 Å². The number of hydrogen-bond donors (Lipinski definition) is 2. The third kappa shape index (κ3) is 6.99. The normalized spacial score (nSPS) is 10.6. The first-order valence-corrected chi connectivity index (χ1v) is 9.15. The SMILES string of the molecule is CCCCCCCCNc1nc(C)cc(NCc2ccccc2)n1. The van der Waals surface area contributed by atoms with Gasteiger partial charge in [0.1, 0.15) is 5.82 Å². The zero-order valence-electron chi connectivity index (χ0n) is 15.0. The third-order valence-corrected chi connectivity index (χ3v) is 3.98. The summed E-state index contributed by atoms with van der Waals surface area (Å²) >= 11 is 0. The van der Waals surface area contributed by atoms with E-state index in [-0.39, 0.29) is 0 Å². The van der Waals surface area contributed by atoms with Crippen LogP contribution >= 0.6 is 0 Å². The van der Waals surface area contributed by atoms with Crippen LogP contribution in [0, 0.1) is 6.92 Å². The Kier molecular flexibility index (Phi) is 8.08. The minimum atomic E-state index is 0.721. The Balaban J connectivity index is 1.76. The van der Waals surface area contributed by atoms with Gasteiger partial charge in [-0.15, -0.1) is 0 Å². The van der Waals surface area contributed by atoms with Crippen molar-refractivity contribution in [2.45, 2.75) is 58.9 Å². The highest BCUT2D eigenvalue weighted by Gasteiger charge is 2.02. The molecule has 2 N–H and O–H groups in total. The van der Waals surface area contributed by atoms with E-state index in [1.54, 1.807) is 0 Å². The Bertz CT molecular complexity index is 583. The Labute approximate surface area is 146 Å². The number of hydrogen-bond acceptors (Lipinski definition) is 4. The van der Waals surface area contributed by atoms with E-state index < -0.39 is 0 Å². The summed E-state index contributed by atoms with van der Waals surface area (Å²) in [4.78, 5) is 9.04. The molecular formula is C20H30N4. The quantitative estimate of drug-likeness (QED) is 0.559. The topological polar surface area (TPSA) is 49.8 Å². The van der Waals surface area contributed by atoms with Crippen molar-refractivity contribution in [3.05, 3.63) is 47.7 Å². The second kappa shape index (κ2) is 10.6. The smallest absolute Gasteiger partial charge is 0.224 e. The molecule has 4 nitrogen and oxygen atoms in total. The van der Waals surface area contributed by atoms with Crippen molar-refractivity contribution in [3.63, 3.8) is 0 Å². The van der Waals surface area contributed by atoms with Crippen molar-refractivity contribution in [3.8, 4) is 0 Å². The van der Waals surface area contributed by atoms with Crippen LogP contribution in [0.25, 0.3) is 0 Å². The Hall–Kier alpha value is -2.10. The summed E-state index contributed by atoms with van der Waals surface area (Å²) < 4.78 is 0. The first-order chi connectivity index (χ1) is 11.8. The van der Waals surface area contributed by atoms with Gasteiger partial charge in [0.25, 0.3) is 0 Å². The van der Waals surface area contributed by atoms with Gasteiger partial charge in [0.05, 0.1) is 0 Å². The van der Waals surface area contributed by atoms with E-state index in [9.17, 15) is 0 Å².